The molecule has 1 N–H and O–H groups in total. The van der Waals surface area contributed by atoms with E-state index in [0.717, 1.165) is 25.0 Å². The lowest BCUT2D eigenvalue weighted by Crippen LogP contribution is -2.46. The summed E-state index contributed by atoms with van der Waals surface area (Å²) >= 11 is 1.91. The molecule has 2 heterocycles. The number of aryl methyl sites for hydroxylation is 1. The molecule has 2 aliphatic rings. The minimum atomic E-state index is 0.773. The molecule has 2 fully saturated rings. The summed E-state index contributed by atoms with van der Waals surface area (Å²) in [4.78, 5) is 8.94. The van der Waals surface area contributed by atoms with E-state index in [4.69, 9.17) is 4.98 Å². The van der Waals surface area contributed by atoms with E-state index in [2.05, 4.69) is 24.1 Å². The van der Waals surface area contributed by atoms with E-state index in [1.165, 1.54) is 60.8 Å². The van der Waals surface area contributed by atoms with E-state index < -0.39 is 0 Å². The summed E-state index contributed by atoms with van der Waals surface area (Å²) in [6.07, 6.45) is 8.46. The number of nitrogens with one attached hydrogen (secondary N) is 1. The van der Waals surface area contributed by atoms with Crippen LogP contribution in [0.2, 0.25) is 0 Å². The molecular weight excluding hydrogens is 266 g/mol. The quantitative estimate of drug-likeness (QED) is 0.917. The molecule has 0 bridgehead atoms. The minimum Gasteiger partial charge on any atom is -0.345 e. The van der Waals surface area contributed by atoms with Gasteiger partial charge in [0.25, 0.3) is 0 Å². The van der Waals surface area contributed by atoms with E-state index in [1.807, 2.05) is 11.3 Å². The topological polar surface area (TPSA) is 28.2 Å². The number of hydrogen-bond acceptors (Lipinski definition) is 4. The standard InChI is InChI=1S/C16H27N3S/c1-3-17-11-15-12(2)18-16(20-15)19-10-6-8-13-7-4-5-9-14(13)19/h13-14,17H,3-11H2,1-2H3/t13-,14-/m1/s1. The lowest BCUT2D eigenvalue weighted by molar-refractivity contribution is 0.243. The maximum Gasteiger partial charge on any atom is 0.186 e. The van der Waals surface area contributed by atoms with Gasteiger partial charge in [0.15, 0.2) is 5.13 Å². The van der Waals surface area contributed by atoms with Gasteiger partial charge in [-0.15, -0.1) is 11.3 Å². The highest BCUT2D eigenvalue weighted by Crippen LogP contribution is 2.39. The molecule has 20 heavy (non-hydrogen) atoms. The number of piperidine rings is 1. The van der Waals surface area contributed by atoms with E-state index in [-0.39, 0.29) is 0 Å². The normalized spacial score (nSPS) is 26.6. The monoisotopic (exact) mass is 293 g/mol. The fraction of sp³-hybridized carbons (Fsp3) is 0.812. The van der Waals surface area contributed by atoms with Crippen molar-refractivity contribution in [2.45, 2.75) is 65.0 Å². The molecule has 1 saturated heterocycles. The van der Waals surface area contributed by atoms with Crippen molar-refractivity contribution in [3.63, 3.8) is 0 Å². The van der Waals surface area contributed by atoms with E-state index in [0.29, 0.717) is 0 Å². The largest absolute Gasteiger partial charge is 0.345 e. The average Bonchev–Trinajstić information content (AvgIpc) is 2.85. The summed E-state index contributed by atoms with van der Waals surface area (Å²) in [5, 5.41) is 4.71. The van der Waals surface area contributed by atoms with Crippen LogP contribution in [0.3, 0.4) is 0 Å². The number of hydrogen-bond donors (Lipinski definition) is 1. The first-order valence-electron chi connectivity index (χ1n) is 8.23. The summed E-state index contributed by atoms with van der Waals surface area (Å²) in [5.74, 6) is 0.930. The zero-order valence-electron chi connectivity index (χ0n) is 12.8. The van der Waals surface area contributed by atoms with Gasteiger partial charge in [-0.3, -0.25) is 0 Å². The van der Waals surface area contributed by atoms with Gasteiger partial charge >= 0.3 is 0 Å². The molecule has 1 aromatic rings. The van der Waals surface area contributed by atoms with Crippen molar-refractivity contribution in [3.8, 4) is 0 Å². The second-order valence-electron chi connectivity index (χ2n) is 6.23. The van der Waals surface area contributed by atoms with Crippen molar-refractivity contribution in [2.75, 3.05) is 18.0 Å². The summed E-state index contributed by atoms with van der Waals surface area (Å²) < 4.78 is 0. The molecule has 1 aliphatic heterocycles. The molecule has 0 spiro atoms. The highest BCUT2D eigenvalue weighted by Gasteiger charge is 2.34. The van der Waals surface area contributed by atoms with Gasteiger partial charge in [-0.05, 0) is 45.1 Å². The highest BCUT2D eigenvalue weighted by molar-refractivity contribution is 7.15. The number of rotatable bonds is 4. The van der Waals surface area contributed by atoms with Crippen LogP contribution < -0.4 is 10.2 Å². The number of aromatic nitrogens is 1. The Kier molecular flexibility index (Phi) is 4.61. The van der Waals surface area contributed by atoms with Gasteiger partial charge in [-0.2, -0.15) is 0 Å². The maximum atomic E-state index is 4.88. The van der Waals surface area contributed by atoms with Crippen LogP contribution in [-0.4, -0.2) is 24.1 Å². The third-order valence-corrected chi connectivity index (χ3v) is 6.10. The number of thiazole rings is 1. The molecule has 3 rings (SSSR count). The fourth-order valence-electron chi connectivity index (χ4n) is 3.80. The van der Waals surface area contributed by atoms with Crippen molar-refractivity contribution in [1.29, 1.82) is 0 Å². The van der Waals surface area contributed by atoms with Crippen LogP contribution in [0.25, 0.3) is 0 Å². The molecule has 0 amide bonds. The first-order valence-corrected chi connectivity index (χ1v) is 9.05. The van der Waals surface area contributed by atoms with Gasteiger partial charge in [0.1, 0.15) is 0 Å². The third-order valence-electron chi connectivity index (χ3n) is 4.91. The predicted molar refractivity (Wildman–Crippen MR) is 86.6 cm³/mol. The maximum absolute atomic E-state index is 4.88. The van der Waals surface area contributed by atoms with Crippen LogP contribution >= 0.6 is 11.3 Å². The molecule has 112 valence electrons. The van der Waals surface area contributed by atoms with E-state index in [9.17, 15) is 0 Å². The Balaban J connectivity index is 1.77. The molecule has 3 nitrogen and oxygen atoms in total. The van der Waals surface area contributed by atoms with Gasteiger partial charge < -0.3 is 10.2 Å². The Morgan fingerprint density at radius 2 is 2.05 bits per heavy atom. The number of fused-ring (bicyclic) bond motifs is 1. The number of anilines is 1. The third kappa shape index (κ3) is 2.86. The number of nitrogens with zero attached hydrogens (tertiary/aromatic N) is 2. The SMILES string of the molecule is CCNCc1sc(N2CCC[C@H]3CCCC[C@H]32)nc1C. The Morgan fingerprint density at radius 1 is 1.25 bits per heavy atom. The van der Waals surface area contributed by atoms with E-state index >= 15 is 0 Å². The van der Waals surface area contributed by atoms with E-state index in [1.54, 1.807) is 0 Å². The molecule has 2 atom stereocenters. The van der Waals surface area contributed by atoms with Crippen molar-refractivity contribution >= 4 is 16.5 Å². The molecule has 1 saturated carbocycles. The summed E-state index contributed by atoms with van der Waals surface area (Å²) in [6, 6.07) is 0.773. The van der Waals surface area contributed by atoms with Crippen LogP contribution in [0.5, 0.6) is 0 Å². The van der Waals surface area contributed by atoms with Crippen LogP contribution in [0.4, 0.5) is 5.13 Å². The van der Waals surface area contributed by atoms with Gasteiger partial charge in [0.2, 0.25) is 0 Å². The second-order valence-corrected chi connectivity index (χ2v) is 7.29. The molecule has 1 aromatic heterocycles. The van der Waals surface area contributed by atoms with Gasteiger partial charge in [0.05, 0.1) is 5.69 Å². The van der Waals surface area contributed by atoms with Crippen LogP contribution in [0, 0.1) is 12.8 Å². The molecule has 0 aromatic carbocycles. The zero-order valence-corrected chi connectivity index (χ0v) is 13.6. The first-order chi connectivity index (χ1) is 9.79. The molecular formula is C16H27N3S. The summed E-state index contributed by atoms with van der Waals surface area (Å²) in [7, 11) is 0. The average molecular weight is 293 g/mol. The molecule has 0 unspecified atom stereocenters. The van der Waals surface area contributed by atoms with Crippen molar-refractivity contribution in [1.82, 2.24) is 10.3 Å². The Morgan fingerprint density at radius 3 is 2.90 bits per heavy atom. The molecule has 0 radical (unpaired) electrons. The zero-order chi connectivity index (χ0) is 13.9. The smallest absolute Gasteiger partial charge is 0.186 e. The lowest BCUT2D eigenvalue weighted by atomic mass is 9.78. The molecule has 4 heteroatoms. The first kappa shape index (κ1) is 14.3. The Hall–Kier alpha value is -0.610. The van der Waals surface area contributed by atoms with Crippen molar-refractivity contribution in [3.05, 3.63) is 10.6 Å². The molecule has 1 aliphatic carbocycles. The van der Waals surface area contributed by atoms with Crippen LogP contribution in [0.15, 0.2) is 0 Å². The summed E-state index contributed by atoms with van der Waals surface area (Å²) in [6.45, 7) is 7.54. The van der Waals surface area contributed by atoms with Crippen LogP contribution in [0.1, 0.15) is 56.0 Å². The summed E-state index contributed by atoms with van der Waals surface area (Å²) in [5.41, 5.74) is 1.23. The van der Waals surface area contributed by atoms with Crippen LogP contribution in [-0.2, 0) is 6.54 Å². The van der Waals surface area contributed by atoms with Gasteiger partial charge in [0, 0.05) is 24.0 Å². The second kappa shape index (κ2) is 6.44. The highest BCUT2D eigenvalue weighted by atomic mass is 32.1. The van der Waals surface area contributed by atoms with Crippen molar-refractivity contribution in [2.24, 2.45) is 5.92 Å². The van der Waals surface area contributed by atoms with Gasteiger partial charge in [-0.1, -0.05) is 19.8 Å². The Bertz CT molecular complexity index is 441. The Labute approximate surface area is 126 Å². The predicted octanol–water partition coefficient (Wildman–Crippen LogP) is 3.72. The van der Waals surface area contributed by atoms with Gasteiger partial charge in [-0.25, -0.2) is 4.98 Å². The lowest BCUT2D eigenvalue weighted by Gasteiger charge is -2.44. The minimum absolute atomic E-state index is 0.773. The fourth-order valence-corrected chi connectivity index (χ4v) is 4.91. The van der Waals surface area contributed by atoms with Crippen molar-refractivity contribution < 1.29 is 0 Å².